The Morgan fingerprint density at radius 1 is 0.923 bits per heavy atom. The molecular formula is C4H6O6SZn2. The van der Waals surface area contributed by atoms with Crippen LogP contribution in [-0.4, -0.2) is 20.4 Å². The summed E-state index contributed by atoms with van der Waals surface area (Å²) in [6.45, 7) is 1.75. The predicted octanol–water partition coefficient (Wildman–Crippen LogP) is -0.648. The molecule has 0 aliphatic heterocycles. The van der Waals surface area contributed by atoms with Crippen LogP contribution >= 0.6 is 0 Å². The number of rotatable bonds is 2. The van der Waals surface area contributed by atoms with Gasteiger partial charge in [0.1, 0.15) is 0 Å². The van der Waals surface area contributed by atoms with Gasteiger partial charge >= 0.3 is 22.3 Å². The topological polar surface area (TPSA) is 86.7 Å². The third-order valence-corrected chi connectivity index (χ3v) is 1.32. The van der Waals surface area contributed by atoms with Crippen LogP contribution in [0, 0.1) is 0 Å². The van der Waals surface area contributed by atoms with Crippen molar-refractivity contribution in [3.8, 4) is 0 Å². The Labute approximate surface area is 101 Å². The van der Waals surface area contributed by atoms with Crippen molar-refractivity contribution in [2.45, 2.75) is 13.8 Å². The average molecular weight is 313 g/mol. The second kappa shape index (κ2) is 7.53. The monoisotopic (exact) mass is 310 g/mol. The third-order valence-electron chi connectivity index (χ3n) is 0.439. The van der Waals surface area contributed by atoms with Gasteiger partial charge in [-0.25, -0.2) is 0 Å². The molecule has 0 saturated carbocycles. The molecular weight excluding hydrogens is 307 g/mol. The Kier molecular flexibility index (Phi) is 10.9. The van der Waals surface area contributed by atoms with Crippen molar-refractivity contribution in [3.63, 3.8) is 0 Å². The molecule has 0 saturated heterocycles. The van der Waals surface area contributed by atoms with Crippen LogP contribution in [0.1, 0.15) is 13.8 Å². The zero-order valence-electron chi connectivity index (χ0n) is 7.27. The fourth-order valence-corrected chi connectivity index (χ4v) is 0.913. The molecule has 0 N–H and O–H groups in total. The van der Waals surface area contributed by atoms with Crippen LogP contribution in [0.5, 0.6) is 0 Å². The molecule has 0 atom stereocenters. The molecule has 0 amide bonds. The molecule has 0 aliphatic carbocycles. The van der Waals surface area contributed by atoms with Gasteiger partial charge in [0.15, 0.2) is 0 Å². The largest absolute Gasteiger partial charge is 0.506 e. The normalized spacial score (nSPS) is 8.77. The van der Waals surface area contributed by atoms with Gasteiger partial charge in [0, 0.05) is 52.8 Å². The van der Waals surface area contributed by atoms with Crippen molar-refractivity contribution in [3.05, 3.63) is 0 Å². The van der Waals surface area contributed by atoms with Crippen molar-refractivity contribution >= 4 is 22.3 Å². The molecule has 0 spiro atoms. The Balaban J connectivity index is -0.000000500. The van der Waals surface area contributed by atoms with Crippen LogP contribution in [-0.2, 0) is 67.3 Å². The summed E-state index contributed by atoms with van der Waals surface area (Å²) in [4.78, 5) is 20.1. The minimum atomic E-state index is -4.48. The van der Waals surface area contributed by atoms with Gasteiger partial charge in [-0.2, -0.15) is 0 Å². The summed E-state index contributed by atoms with van der Waals surface area (Å²) in [7, 11) is -4.48. The Bertz CT molecular complexity index is 248. The molecule has 0 heterocycles. The van der Waals surface area contributed by atoms with E-state index in [9.17, 15) is 18.0 Å². The maximum Gasteiger partial charge on any atom is 0.506 e. The van der Waals surface area contributed by atoms with Crippen LogP contribution in [0.15, 0.2) is 0 Å². The fraction of sp³-hybridized carbons (Fsp3) is 0.500. The summed E-state index contributed by atoms with van der Waals surface area (Å²) in [5.74, 6) is -2.13. The second-order valence-electron chi connectivity index (χ2n) is 1.56. The summed E-state index contributed by atoms with van der Waals surface area (Å²) in [5, 5.41) is 0. The van der Waals surface area contributed by atoms with Crippen molar-refractivity contribution in [2.75, 3.05) is 0 Å². The van der Waals surface area contributed by atoms with Crippen molar-refractivity contribution < 1.29 is 65.3 Å². The molecule has 0 unspecified atom stereocenters. The zero-order chi connectivity index (χ0) is 9.07. The predicted molar refractivity (Wildman–Crippen MR) is 32.5 cm³/mol. The minimum Gasteiger partial charge on any atom is -0.316 e. The van der Waals surface area contributed by atoms with E-state index >= 15 is 0 Å². The van der Waals surface area contributed by atoms with Crippen LogP contribution in [0.3, 0.4) is 0 Å². The van der Waals surface area contributed by atoms with Crippen LogP contribution in [0.4, 0.5) is 0 Å². The number of carbonyl (C=O) groups is 2. The Morgan fingerprint density at radius 2 is 1.15 bits per heavy atom. The van der Waals surface area contributed by atoms with Crippen molar-refractivity contribution in [1.82, 2.24) is 0 Å². The summed E-state index contributed by atoms with van der Waals surface area (Å²) in [6.07, 6.45) is 0. The molecule has 13 heavy (non-hydrogen) atoms. The van der Waals surface area contributed by atoms with E-state index in [1.54, 1.807) is 0 Å². The molecule has 0 rings (SSSR count). The zero-order valence-corrected chi connectivity index (χ0v) is 14.0. The molecule has 9 heteroatoms. The van der Waals surface area contributed by atoms with E-state index in [1.807, 2.05) is 0 Å². The number of hydrogen-bond acceptors (Lipinski definition) is 6. The number of hydrogen-bond donors (Lipinski definition) is 0. The van der Waals surface area contributed by atoms with Gasteiger partial charge in [0.25, 0.3) is 0 Å². The number of carbonyl (C=O) groups excluding carboxylic acids is 2. The van der Waals surface area contributed by atoms with E-state index in [1.165, 1.54) is 0 Å². The van der Waals surface area contributed by atoms with Crippen LogP contribution < -0.4 is 0 Å². The molecule has 6 nitrogen and oxygen atoms in total. The SMILES string of the molecule is CC(=O)OS(=O)(=O)OC(C)=O.[Zn].[Zn]. The van der Waals surface area contributed by atoms with E-state index in [4.69, 9.17) is 0 Å². The molecule has 0 fully saturated rings. The van der Waals surface area contributed by atoms with Crippen LogP contribution in [0.2, 0.25) is 0 Å². The van der Waals surface area contributed by atoms with E-state index in [2.05, 4.69) is 8.37 Å². The smallest absolute Gasteiger partial charge is 0.316 e. The van der Waals surface area contributed by atoms with Gasteiger partial charge in [-0.3, -0.25) is 9.59 Å². The van der Waals surface area contributed by atoms with Gasteiger partial charge in [-0.15, -0.1) is 8.42 Å². The molecule has 0 bridgehead atoms. The summed E-state index contributed by atoms with van der Waals surface area (Å²) in [5.41, 5.74) is 0. The quantitative estimate of drug-likeness (QED) is 0.630. The second-order valence-corrected chi connectivity index (χ2v) is 2.71. The minimum absolute atomic E-state index is 0. The van der Waals surface area contributed by atoms with Gasteiger partial charge in [-0.05, 0) is 0 Å². The summed E-state index contributed by atoms with van der Waals surface area (Å²) >= 11 is 0. The standard InChI is InChI=1S/C4H6O6S.2Zn/c1-3(5)9-11(7,8)10-4(2)6;;/h1-2H3;;. The first-order valence-electron chi connectivity index (χ1n) is 2.48. The molecule has 0 aliphatic rings. The molecule has 0 radical (unpaired) electrons. The first kappa shape index (κ1) is 18.8. The fourth-order valence-electron chi connectivity index (χ4n) is 0.304. The summed E-state index contributed by atoms with van der Waals surface area (Å²) < 4.78 is 28.0. The van der Waals surface area contributed by atoms with E-state index in [-0.39, 0.29) is 39.0 Å². The van der Waals surface area contributed by atoms with Gasteiger partial charge in [0.05, 0.1) is 0 Å². The molecule has 68 valence electrons. The first-order chi connectivity index (χ1) is 4.83. The third kappa shape index (κ3) is 12.1. The maximum absolute atomic E-state index is 10.4. The van der Waals surface area contributed by atoms with Gasteiger partial charge < -0.3 is 8.37 Å². The molecule has 0 aromatic rings. The van der Waals surface area contributed by atoms with Gasteiger partial charge in [0.2, 0.25) is 0 Å². The van der Waals surface area contributed by atoms with E-state index < -0.39 is 22.3 Å². The Morgan fingerprint density at radius 3 is 1.31 bits per heavy atom. The molecule has 0 aromatic carbocycles. The van der Waals surface area contributed by atoms with E-state index in [0.717, 1.165) is 13.8 Å². The van der Waals surface area contributed by atoms with Crippen LogP contribution in [0.25, 0.3) is 0 Å². The van der Waals surface area contributed by atoms with E-state index in [0.29, 0.717) is 0 Å². The Hall–Kier alpha value is 0.137. The molecule has 0 aromatic heterocycles. The summed E-state index contributed by atoms with van der Waals surface area (Å²) in [6, 6.07) is 0. The first-order valence-corrected chi connectivity index (χ1v) is 3.82. The van der Waals surface area contributed by atoms with Crippen molar-refractivity contribution in [2.24, 2.45) is 0 Å². The average Bonchev–Trinajstić information content (AvgIpc) is 1.53. The van der Waals surface area contributed by atoms with Gasteiger partial charge in [-0.1, -0.05) is 0 Å². The maximum atomic E-state index is 10.4. The van der Waals surface area contributed by atoms with Crippen molar-refractivity contribution in [1.29, 1.82) is 0 Å².